The molecule has 3 rings (SSSR count). The third-order valence-electron chi connectivity index (χ3n) is 5.01. The number of hydrogen-bond donors (Lipinski definition) is 1. The predicted molar refractivity (Wildman–Crippen MR) is 88.7 cm³/mol. The molecule has 3 atom stereocenters. The zero-order chi connectivity index (χ0) is 18.2. The van der Waals surface area contributed by atoms with Crippen molar-refractivity contribution >= 4 is 17.6 Å². The Bertz CT molecular complexity index is 663. The van der Waals surface area contributed by atoms with Crippen molar-refractivity contribution in [3.05, 3.63) is 12.4 Å². The normalized spacial score (nSPS) is 27.2. The van der Waals surface area contributed by atoms with Crippen molar-refractivity contribution in [1.82, 2.24) is 15.1 Å². The minimum absolute atomic E-state index is 0. The van der Waals surface area contributed by atoms with Gasteiger partial charge in [-0.2, -0.15) is 5.10 Å². The van der Waals surface area contributed by atoms with Gasteiger partial charge in [-0.15, -0.1) is 0 Å². The number of hydrogen-bond acceptors (Lipinski definition) is 6. The predicted octanol–water partition coefficient (Wildman–Crippen LogP) is -3.41. The van der Waals surface area contributed by atoms with Crippen LogP contribution in [0.25, 0.3) is 0 Å². The molecule has 2 saturated heterocycles. The summed E-state index contributed by atoms with van der Waals surface area (Å²) >= 11 is 0. The van der Waals surface area contributed by atoms with E-state index in [1.54, 1.807) is 29.0 Å². The Morgan fingerprint density at radius 2 is 2.04 bits per heavy atom. The number of aromatic nitrogens is 2. The first-order valence-electron chi connectivity index (χ1n) is 8.70. The smallest absolute Gasteiger partial charge is 0.548 e. The van der Waals surface area contributed by atoms with Crippen LogP contribution < -0.4 is 44.9 Å². The van der Waals surface area contributed by atoms with E-state index < -0.39 is 18.1 Å². The maximum absolute atomic E-state index is 12.7. The first-order chi connectivity index (χ1) is 11.8. The van der Waals surface area contributed by atoms with Crippen LogP contribution in [0.1, 0.15) is 39.5 Å². The topological polar surface area (TPSA) is 99.5 Å². The van der Waals surface area contributed by atoms with Gasteiger partial charge in [-0.25, -0.2) is 0 Å². The molecule has 2 aliphatic heterocycles. The van der Waals surface area contributed by atoms with Crippen molar-refractivity contribution in [2.24, 2.45) is 7.05 Å². The van der Waals surface area contributed by atoms with Crippen LogP contribution in [-0.2, 0) is 21.4 Å². The van der Waals surface area contributed by atoms with Crippen molar-refractivity contribution in [3.63, 3.8) is 0 Å². The zero-order valence-corrected chi connectivity index (χ0v) is 17.9. The molecule has 3 unspecified atom stereocenters. The molecular formula is C17H25N4NaO4. The van der Waals surface area contributed by atoms with Gasteiger partial charge in [0.2, 0.25) is 5.91 Å². The van der Waals surface area contributed by atoms with Crippen molar-refractivity contribution in [3.8, 4) is 0 Å². The number of aryl methyl sites for hydroxylation is 1. The summed E-state index contributed by atoms with van der Waals surface area (Å²) in [7, 11) is 1.75. The summed E-state index contributed by atoms with van der Waals surface area (Å²) in [6, 6.07) is -1.36. The molecule has 3 heterocycles. The third-order valence-corrected chi connectivity index (χ3v) is 5.01. The van der Waals surface area contributed by atoms with E-state index in [4.69, 9.17) is 4.74 Å². The van der Waals surface area contributed by atoms with Gasteiger partial charge in [-0.3, -0.25) is 9.48 Å². The number of anilines is 1. The molecule has 1 aromatic heterocycles. The van der Waals surface area contributed by atoms with Crippen molar-refractivity contribution in [1.29, 1.82) is 0 Å². The quantitative estimate of drug-likeness (QED) is 0.541. The zero-order valence-electron chi connectivity index (χ0n) is 15.9. The van der Waals surface area contributed by atoms with Crippen LogP contribution in [0.5, 0.6) is 0 Å². The Morgan fingerprint density at radius 3 is 2.58 bits per heavy atom. The number of amides is 1. The van der Waals surface area contributed by atoms with Crippen LogP contribution in [0, 0.1) is 0 Å². The largest absolute Gasteiger partial charge is 1.00 e. The standard InChI is InChI=1S/C17H26N4O4.Na/c1-17(2)7-6-12(25-17)9-18-15(22)13-4-5-14(16(23)24)21(13)11-8-19-20(3)10-11;/h8,10,12-14H,4-7,9H2,1-3H3,(H,18,22)(H,23,24);/q;+1/p-1. The fraction of sp³-hybridized carbons (Fsp3) is 0.706. The second-order valence-electron chi connectivity index (χ2n) is 7.49. The number of nitrogens with one attached hydrogen (secondary N) is 1. The van der Waals surface area contributed by atoms with E-state index in [0.717, 1.165) is 12.8 Å². The molecule has 0 spiro atoms. The average Bonchev–Trinajstić information content (AvgIpc) is 3.22. The molecule has 2 aliphatic rings. The summed E-state index contributed by atoms with van der Waals surface area (Å²) in [5.74, 6) is -1.35. The Hall–Kier alpha value is -1.09. The van der Waals surface area contributed by atoms with Gasteiger partial charge in [0.1, 0.15) is 6.04 Å². The van der Waals surface area contributed by atoms with Crippen LogP contribution in [0.3, 0.4) is 0 Å². The van der Waals surface area contributed by atoms with Gasteiger partial charge in [-0.1, -0.05) is 0 Å². The Balaban J connectivity index is 0.00000243. The van der Waals surface area contributed by atoms with Crippen LogP contribution >= 0.6 is 0 Å². The van der Waals surface area contributed by atoms with Gasteiger partial charge in [0.05, 0.1) is 35.6 Å². The average molecular weight is 372 g/mol. The molecule has 0 saturated carbocycles. The van der Waals surface area contributed by atoms with E-state index in [1.807, 2.05) is 13.8 Å². The molecule has 9 heteroatoms. The van der Waals surface area contributed by atoms with E-state index in [2.05, 4.69) is 10.4 Å². The summed E-state index contributed by atoms with van der Waals surface area (Å²) < 4.78 is 7.48. The van der Waals surface area contributed by atoms with E-state index in [0.29, 0.717) is 25.1 Å². The summed E-state index contributed by atoms with van der Waals surface area (Å²) in [5, 5.41) is 18.5. The molecule has 0 aromatic carbocycles. The minimum Gasteiger partial charge on any atom is -0.548 e. The number of carbonyl (C=O) groups excluding carboxylic acids is 2. The molecule has 1 amide bonds. The Labute approximate surface area is 175 Å². The number of rotatable bonds is 5. The molecule has 138 valence electrons. The van der Waals surface area contributed by atoms with Gasteiger partial charge in [0.15, 0.2) is 0 Å². The van der Waals surface area contributed by atoms with Crippen molar-refractivity contribution < 1.29 is 49.0 Å². The number of aliphatic carboxylic acids is 1. The number of carboxylic acid groups (broad SMARTS) is 1. The van der Waals surface area contributed by atoms with Crippen LogP contribution in [0.4, 0.5) is 5.69 Å². The maximum Gasteiger partial charge on any atom is 1.00 e. The molecular weight excluding hydrogens is 347 g/mol. The minimum atomic E-state index is -1.17. The monoisotopic (exact) mass is 372 g/mol. The van der Waals surface area contributed by atoms with Gasteiger partial charge in [-0.05, 0) is 39.5 Å². The molecule has 26 heavy (non-hydrogen) atoms. The number of carboxylic acids is 1. The van der Waals surface area contributed by atoms with Crippen LogP contribution in [-0.4, -0.2) is 52.0 Å². The van der Waals surface area contributed by atoms with E-state index in [-0.39, 0.29) is 47.2 Å². The van der Waals surface area contributed by atoms with Crippen LogP contribution in [0.15, 0.2) is 12.4 Å². The molecule has 8 nitrogen and oxygen atoms in total. The second kappa shape index (κ2) is 8.29. The molecule has 0 aliphatic carbocycles. The van der Waals surface area contributed by atoms with E-state index >= 15 is 0 Å². The molecule has 2 fully saturated rings. The number of carbonyl (C=O) groups is 2. The fourth-order valence-electron chi connectivity index (χ4n) is 3.76. The molecule has 0 bridgehead atoms. The molecule has 0 radical (unpaired) electrons. The summed E-state index contributed by atoms with van der Waals surface area (Å²) in [5.41, 5.74) is 0.470. The molecule has 1 N–H and O–H groups in total. The second-order valence-corrected chi connectivity index (χ2v) is 7.49. The maximum atomic E-state index is 12.7. The first kappa shape index (κ1) is 21.2. The van der Waals surface area contributed by atoms with Crippen molar-refractivity contribution in [2.45, 2.75) is 63.3 Å². The first-order valence-corrected chi connectivity index (χ1v) is 8.70. The van der Waals surface area contributed by atoms with Crippen molar-refractivity contribution in [2.75, 3.05) is 11.4 Å². The van der Waals surface area contributed by atoms with E-state index in [9.17, 15) is 14.7 Å². The Kier molecular flexibility index (Phi) is 6.76. The number of ether oxygens (including phenoxy) is 1. The van der Waals surface area contributed by atoms with Gasteiger partial charge in [0.25, 0.3) is 0 Å². The van der Waals surface area contributed by atoms with Gasteiger partial charge in [0, 0.05) is 19.8 Å². The fourth-order valence-corrected chi connectivity index (χ4v) is 3.76. The van der Waals surface area contributed by atoms with Crippen LogP contribution in [0.2, 0.25) is 0 Å². The summed E-state index contributed by atoms with van der Waals surface area (Å²) in [4.78, 5) is 25.7. The summed E-state index contributed by atoms with van der Waals surface area (Å²) in [6.07, 6.45) is 6.01. The van der Waals surface area contributed by atoms with Gasteiger partial charge >= 0.3 is 29.6 Å². The van der Waals surface area contributed by atoms with E-state index in [1.165, 1.54) is 0 Å². The van der Waals surface area contributed by atoms with Gasteiger partial charge < -0.3 is 24.9 Å². The Morgan fingerprint density at radius 1 is 1.35 bits per heavy atom. The molecule has 1 aromatic rings. The summed E-state index contributed by atoms with van der Waals surface area (Å²) in [6.45, 7) is 4.52. The number of nitrogens with zero attached hydrogens (tertiary/aromatic N) is 3. The third kappa shape index (κ3) is 4.60. The SMILES string of the molecule is Cn1cc(N2C(C(=O)[O-])CCC2C(=O)NCC2CCC(C)(C)O2)cn1.[Na+].